The Hall–Kier alpha value is -2.94. The van der Waals surface area contributed by atoms with E-state index in [2.05, 4.69) is 10.1 Å². The highest BCUT2D eigenvalue weighted by molar-refractivity contribution is 5.86. The van der Waals surface area contributed by atoms with Gasteiger partial charge >= 0.3 is 0 Å². The summed E-state index contributed by atoms with van der Waals surface area (Å²) in [6, 6.07) is 7.06. The molecule has 0 spiro atoms. The van der Waals surface area contributed by atoms with E-state index < -0.39 is 12.1 Å². The summed E-state index contributed by atoms with van der Waals surface area (Å²) in [5, 5.41) is 3.75. The molecule has 1 aliphatic heterocycles. The fourth-order valence-electron chi connectivity index (χ4n) is 3.66. The Morgan fingerprint density at radius 3 is 2.62 bits per heavy atom. The summed E-state index contributed by atoms with van der Waals surface area (Å²) in [4.78, 5) is 33.4. The quantitative estimate of drug-likeness (QED) is 0.724. The zero-order chi connectivity index (χ0) is 20.5. The van der Waals surface area contributed by atoms with Crippen LogP contribution in [-0.2, 0) is 20.9 Å². The topological polar surface area (TPSA) is 98.0 Å². The van der Waals surface area contributed by atoms with Crippen molar-refractivity contribution in [1.29, 1.82) is 0 Å². The van der Waals surface area contributed by atoms with Crippen molar-refractivity contribution in [2.45, 2.75) is 44.5 Å². The van der Waals surface area contributed by atoms with Gasteiger partial charge in [0.05, 0.1) is 19.7 Å². The normalized spacial score (nSPS) is 21.9. The summed E-state index contributed by atoms with van der Waals surface area (Å²) in [6.45, 7) is 1.79. The van der Waals surface area contributed by atoms with Crippen LogP contribution >= 0.6 is 0 Å². The molecule has 2 amide bonds. The Kier molecular flexibility index (Phi) is 5.23. The second-order valence-corrected chi connectivity index (χ2v) is 7.41. The molecule has 4 rings (SSSR count). The molecule has 0 unspecified atom stereocenters. The number of rotatable bonds is 6. The lowest BCUT2D eigenvalue weighted by Gasteiger charge is -2.41. The van der Waals surface area contributed by atoms with E-state index in [9.17, 15) is 9.59 Å². The Bertz CT molecular complexity index is 893. The number of aromatic nitrogens is 2. The average molecular weight is 400 g/mol. The molecule has 154 valence electrons. The van der Waals surface area contributed by atoms with E-state index in [1.807, 2.05) is 29.2 Å². The fourth-order valence-corrected chi connectivity index (χ4v) is 3.66. The number of nitrogens with zero attached hydrogens (tertiary/aromatic N) is 4. The number of benzene rings is 1. The van der Waals surface area contributed by atoms with Crippen molar-refractivity contribution in [2.75, 3.05) is 20.8 Å². The third kappa shape index (κ3) is 3.95. The van der Waals surface area contributed by atoms with Gasteiger partial charge in [0, 0.05) is 13.1 Å². The van der Waals surface area contributed by atoms with Gasteiger partial charge in [0.25, 0.3) is 5.91 Å². The van der Waals surface area contributed by atoms with Gasteiger partial charge in [-0.25, -0.2) is 0 Å². The van der Waals surface area contributed by atoms with Crippen molar-refractivity contribution in [3.63, 3.8) is 0 Å². The number of amides is 2. The number of carbonyl (C=O) groups is 2. The Morgan fingerprint density at radius 1 is 1.31 bits per heavy atom. The Labute approximate surface area is 168 Å². The first kappa shape index (κ1) is 19.4. The van der Waals surface area contributed by atoms with Crippen molar-refractivity contribution in [2.24, 2.45) is 0 Å². The van der Waals surface area contributed by atoms with E-state index in [1.165, 1.54) is 4.90 Å². The maximum atomic E-state index is 13.3. The van der Waals surface area contributed by atoms with Crippen LogP contribution in [0, 0.1) is 6.92 Å². The van der Waals surface area contributed by atoms with Crippen LogP contribution in [0.15, 0.2) is 28.8 Å². The number of likely N-dealkylation sites (N-methyl/N-ethyl adjacent to an activating group) is 1. The van der Waals surface area contributed by atoms with Crippen LogP contribution in [0.4, 0.5) is 0 Å². The standard InChI is InChI=1S/C20H24N4O5/c1-12-21-16(29-22-12)10-23(2)20(26)19-18(13-4-8-15(27-3)9-5-13)24(14-6-7-14)17(25)11-28-19/h4-5,8-9,14,18-19H,6-7,10-11H2,1-3H3/t18-,19+/m1/s1. The molecular formula is C20H24N4O5. The van der Waals surface area contributed by atoms with Gasteiger partial charge in [0.15, 0.2) is 11.9 Å². The van der Waals surface area contributed by atoms with E-state index >= 15 is 0 Å². The monoisotopic (exact) mass is 400 g/mol. The minimum atomic E-state index is -0.810. The third-order valence-corrected chi connectivity index (χ3v) is 5.22. The molecule has 2 atom stereocenters. The lowest BCUT2D eigenvalue weighted by Crippen LogP contribution is -2.55. The number of hydrogen-bond acceptors (Lipinski definition) is 7. The number of aryl methyl sites for hydroxylation is 1. The highest BCUT2D eigenvalue weighted by atomic mass is 16.5. The largest absolute Gasteiger partial charge is 0.497 e. The van der Waals surface area contributed by atoms with Gasteiger partial charge in [-0.2, -0.15) is 4.98 Å². The second kappa shape index (κ2) is 7.82. The molecular weight excluding hydrogens is 376 g/mol. The minimum absolute atomic E-state index is 0.0902. The zero-order valence-electron chi connectivity index (χ0n) is 16.7. The zero-order valence-corrected chi connectivity index (χ0v) is 16.7. The first-order valence-corrected chi connectivity index (χ1v) is 9.59. The summed E-state index contributed by atoms with van der Waals surface area (Å²) >= 11 is 0. The lowest BCUT2D eigenvalue weighted by atomic mass is 9.96. The summed E-state index contributed by atoms with van der Waals surface area (Å²) in [7, 11) is 3.26. The number of hydrogen-bond donors (Lipinski definition) is 0. The maximum Gasteiger partial charge on any atom is 0.254 e. The van der Waals surface area contributed by atoms with Crippen molar-refractivity contribution in [3.8, 4) is 5.75 Å². The molecule has 1 aliphatic carbocycles. The molecule has 9 nitrogen and oxygen atoms in total. The van der Waals surface area contributed by atoms with Crippen molar-refractivity contribution in [3.05, 3.63) is 41.5 Å². The summed E-state index contributed by atoms with van der Waals surface area (Å²) < 4.78 is 16.1. The summed E-state index contributed by atoms with van der Waals surface area (Å²) in [6.07, 6.45) is 1.07. The molecule has 0 bridgehead atoms. The van der Waals surface area contributed by atoms with Crippen LogP contribution in [-0.4, -0.2) is 64.7 Å². The van der Waals surface area contributed by atoms with Gasteiger partial charge in [-0.05, 0) is 37.5 Å². The predicted octanol–water partition coefficient (Wildman–Crippen LogP) is 1.48. The molecule has 1 saturated heterocycles. The SMILES string of the molecule is COc1ccc([C@@H]2[C@@H](C(=O)N(C)Cc3nc(C)no3)OCC(=O)N2C2CC2)cc1. The third-order valence-electron chi connectivity index (χ3n) is 5.22. The molecule has 2 fully saturated rings. The minimum Gasteiger partial charge on any atom is -0.497 e. The van der Waals surface area contributed by atoms with Crippen molar-refractivity contribution < 1.29 is 23.6 Å². The molecule has 0 radical (unpaired) electrons. The number of ether oxygens (including phenoxy) is 2. The van der Waals surface area contributed by atoms with E-state index in [0.717, 1.165) is 18.4 Å². The van der Waals surface area contributed by atoms with Gasteiger partial charge in [0.2, 0.25) is 11.8 Å². The van der Waals surface area contributed by atoms with E-state index in [1.54, 1.807) is 21.1 Å². The highest BCUT2D eigenvalue weighted by Crippen LogP contribution is 2.40. The molecule has 0 N–H and O–H groups in total. The van der Waals surface area contributed by atoms with Crippen LogP contribution in [0.1, 0.15) is 36.2 Å². The van der Waals surface area contributed by atoms with Gasteiger partial charge in [-0.15, -0.1) is 0 Å². The fraction of sp³-hybridized carbons (Fsp3) is 0.500. The number of carbonyl (C=O) groups excluding carboxylic acids is 2. The van der Waals surface area contributed by atoms with Crippen molar-refractivity contribution in [1.82, 2.24) is 19.9 Å². The van der Waals surface area contributed by atoms with Crippen molar-refractivity contribution >= 4 is 11.8 Å². The lowest BCUT2D eigenvalue weighted by molar-refractivity contribution is -0.170. The van der Waals surface area contributed by atoms with Gasteiger partial charge in [-0.3, -0.25) is 9.59 Å². The molecule has 2 heterocycles. The summed E-state index contributed by atoms with van der Waals surface area (Å²) in [5.41, 5.74) is 0.839. The molecule has 2 aliphatic rings. The maximum absolute atomic E-state index is 13.3. The Morgan fingerprint density at radius 2 is 2.03 bits per heavy atom. The van der Waals surface area contributed by atoms with Gasteiger partial charge < -0.3 is 23.8 Å². The van der Waals surface area contributed by atoms with Crippen LogP contribution in [0.25, 0.3) is 0 Å². The van der Waals surface area contributed by atoms with E-state index in [4.69, 9.17) is 14.0 Å². The molecule has 29 heavy (non-hydrogen) atoms. The molecule has 9 heteroatoms. The van der Waals surface area contributed by atoms with E-state index in [0.29, 0.717) is 17.5 Å². The summed E-state index contributed by atoms with van der Waals surface area (Å²) in [5.74, 6) is 1.25. The number of methoxy groups -OCH3 is 1. The number of morpholine rings is 1. The predicted molar refractivity (Wildman–Crippen MR) is 101 cm³/mol. The molecule has 1 aromatic carbocycles. The van der Waals surface area contributed by atoms with Crippen LogP contribution in [0.5, 0.6) is 5.75 Å². The van der Waals surface area contributed by atoms with E-state index in [-0.39, 0.29) is 31.0 Å². The average Bonchev–Trinajstić information content (AvgIpc) is 3.48. The Balaban J connectivity index is 1.61. The molecule has 2 aromatic rings. The molecule has 1 saturated carbocycles. The second-order valence-electron chi connectivity index (χ2n) is 7.41. The van der Waals surface area contributed by atoms with Gasteiger partial charge in [0.1, 0.15) is 12.4 Å². The van der Waals surface area contributed by atoms with Crippen LogP contribution < -0.4 is 4.74 Å². The first-order valence-electron chi connectivity index (χ1n) is 9.59. The highest BCUT2D eigenvalue weighted by Gasteiger charge is 2.48. The van der Waals surface area contributed by atoms with Gasteiger partial charge in [-0.1, -0.05) is 17.3 Å². The van der Waals surface area contributed by atoms with Crippen LogP contribution in [0.3, 0.4) is 0 Å². The van der Waals surface area contributed by atoms with Crippen LogP contribution in [0.2, 0.25) is 0 Å². The smallest absolute Gasteiger partial charge is 0.254 e. The first-order chi connectivity index (χ1) is 14.0. The molecule has 1 aromatic heterocycles.